The van der Waals surface area contributed by atoms with Gasteiger partial charge < -0.3 is 9.72 Å². The first kappa shape index (κ1) is 13.6. The average molecular weight is 277 g/mol. The molecule has 0 aliphatic rings. The molecule has 0 bridgehead atoms. The summed E-state index contributed by atoms with van der Waals surface area (Å²) in [6.07, 6.45) is 0.322. The summed E-state index contributed by atoms with van der Waals surface area (Å²) < 4.78 is 5.28. The van der Waals surface area contributed by atoms with E-state index in [9.17, 15) is 4.79 Å². The molecule has 0 saturated heterocycles. The largest absolute Gasteiger partial charge is 0.362 e. The minimum atomic E-state index is -0.553. The van der Waals surface area contributed by atoms with Gasteiger partial charge in [0.2, 0.25) is 0 Å². The number of para-hydroxylation sites is 1. The Labute approximate surface area is 115 Å². The van der Waals surface area contributed by atoms with Crippen LogP contribution in [0.4, 0.5) is 0 Å². The van der Waals surface area contributed by atoms with E-state index < -0.39 is 11.1 Å². The second kappa shape index (κ2) is 5.87. The van der Waals surface area contributed by atoms with Gasteiger partial charge in [-0.2, -0.15) is 5.26 Å². The topological polar surface area (TPSA) is 65.9 Å². The highest BCUT2D eigenvalue weighted by Crippen LogP contribution is 2.21. The quantitative estimate of drug-likeness (QED) is 0.873. The zero-order chi connectivity index (χ0) is 13.8. The number of nitrogens with one attached hydrogen (secondary N) is 1. The van der Waals surface area contributed by atoms with Crippen LogP contribution in [-0.4, -0.2) is 17.2 Å². The minimum absolute atomic E-state index is 0.101. The third kappa shape index (κ3) is 2.78. The van der Waals surface area contributed by atoms with Gasteiger partial charge in [-0.1, -0.05) is 29.8 Å². The van der Waals surface area contributed by atoms with E-state index in [2.05, 4.69) is 4.98 Å². The number of rotatable bonds is 4. The van der Waals surface area contributed by atoms with Crippen LogP contribution >= 0.6 is 11.6 Å². The summed E-state index contributed by atoms with van der Waals surface area (Å²) >= 11 is 6.05. The van der Waals surface area contributed by atoms with Crippen molar-refractivity contribution < 1.29 is 4.74 Å². The standard InChI is InChI=1S/C14H13ClN2O2/c1-2-19-13(15)7-10-9-5-3-4-6-12(9)17-14(18)11(10)8-16/h3-6,13H,2,7H2,1H3,(H,17,18). The monoisotopic (exact) mass is 276 g/mol. The third-order valence-corrected chi connectivity index (χ3v) is 3.13. The summed E-state index contributed by atoms with van der Waals surface area (Å²) in [4.78, 5) is 14.6. The van der Waals surface area contributed by atoms with Gasteiger partial charge in [-0.15, -0.1) is 0 Å². The lowest BCUT2D eigenvalue weighted by Crippen LogP contribution is -2.17. The van der Waals surface area contributed by atoms with Gasteiger partial charge >= 0.3 is 0 Å². The number of ether oxygens (including phenoxy) is 1. The number of pyridine rings is 1. The Kier molecular flexibility index (Phi) is 4.20. The summed E-state index contributed by atoms with van der Waals surface area (Å²) in [5.41, 5.74) is 0.486. The van der Waals surface area contributed by atoms with Crippen LogP contribution in [0.3, 0.4) is 0 Å². The van der Waals surface area contributed by atoms with Gasteiger partial charge in [0.05, 0.1) is 0 Å². The Bertz CT molecular complexity index is 688. The fraction of sp³-hybridized carbons (Fsp3) is 0.286. The first-order chi connectivity index (χ1) is 9.17. The predicted octanol–water partition coefficient (Wildman–Crippen LogP) is 2.54. The molecule has 0 fully saturated rings. The lowest BCUT2D eigenvalue weighted by molar-refractivity contribution is 0.120. The Hall–Kier alpha value is -1.83. The first-order valence-corrected chi connectivity index (χ1v) is 6.40. The summed E-state index contributed by atoms with van der Waals surface area (Å²) in [7, 11) is 0. The highest BCUT2D eigenvalue weighted by atomic mass is 35.5. The van der Waals surface area contributed by atoms with E-state index in [0.717, 1.165) is 5.39 Å². The van der Waals surface area contributed by atoms with Gasteiger partial charge in [0.25, 0.3) is 5.56 Å². The number of hydrogen-bond donors (Lipinski definition) is 1. The summed E-state index contributed by atoms with van der Waals surface area (Å²) in [5.74, 6) is 0. The van der Waals surface area contributed by atoms with Crippen LogP contribution < -0.4 is 5.56 Å². The molecule has 1 aromatic heterocycles. The maximum absolute atomic E-state index is 11.9. The van der Waals surface area contributed by atoms with Crippen molar-refractivity contribution in [2.75, 3.05) is 6.61 Å². The van der Waals surface area contributed by atoms with E-state index in [-0.39, 0.29) is 5.56 Å². The number of fused-ring (bicyclic) bond motifs is 1. The van der Waals surface area contributed by atoms with Crippen molar-refractivity contribution in [3.8, 4) is 6.07 Å². The molecule has 1 N–H and O–H groups in total. The zero-order valence-corrected chi connectivity index (χ0v) is 11.2. The Morgan fingerprint density at radius 1 is 1.47 bits per heavy atom. The number of H-pyrrole nitrogens is 1. The van der Waals surface area contributed by atoms with Gasteiger partial charge in [0.15, 0.2) is 0 Å². The molecule has 2 rings (SSSR count). The number of nitrogens with zero attached hydrogens (tertiary/aromatic N) is 1. The second-order valence-electron chi connectivity index (χ2n) is 4.03. The lowest BCUT2D eigenvalue weighted by Gasteiger charge is -2.12. The van der Waals surface area contributed by atoms with Gasteiger partial charge in [0, 0.05) is 23.9 Å². The molecule has 0 radical (unpaired) electrons. The van der Waals surface area contributed by atoms with Crippen LogP contribution in [-0.2, 0) is 11.2 Å². The predicted molar refractivity (Wildman–Crippen MR) is 74.3 cm³/mol. The van der Waals surface area contributed by atoms with Crippen molar-refractivity contribution in [2.45, 2.75) is 18.9 Å². The fourth-order valence-electron chi connectivity index (χ4n) is 2.04. The molecule has 1 unspecified atom stereocenters. The van der Waals surface area contributed by atoms with E-state index in [1.807, 2.05) is 31.2 Å². The molecule has 0 spiro atoms. The lowest BCUT2D eigenvalue weighted by atomic mass is 10.0. The highest BCUT2D eigenvalue weighted by molar-refractivity contribution is 6.19. The molecular formula is C14H13ClN2O2. The smallest absolute Gasteiger partial charge is 0.266 e. The van der Waals surface area contributed by atoms with Crippen LogP contribution in [0.1, 0.15) is 18.1 Å². The number of aromatic amines is 1. The number of nitriles is 1. The van der Waals surface area contributed by atoms with Crippen molar-refractivity contribution in [3.63, 3.8) is 0 Å². The summed E-state index contributed by atoms with van der Waals surface area (Å²) in [6.45, 7) is 2.33. The van der Waals surface area contributed by atoms with Crippen molar-refractivity contribution >= 4 is 22.5 Å². The molecule has 0 saturated carbocycles. The highest BCUT2D eigenvalue weighted by Gasteiger charge is 2.15. The van der Waals surface area contributed by atoms with E-state index in [1.165, 1.54) is 0 Å². The van der Waals surface area contributed by atoms with Gasteiger partial charge in [-0.05, 0) is 18.6 Å². The van der Waals surface area contributed by atoms with Crippen LogP contribution in [0, 0.1) is 11.3 Å². The van der Waals surface area contributed by atoms with Crippen molar-refractivity contribution in [3.05, 3.63) is 45.7 Å². The minimum Gasteiger partial charge on any atom is -0.362 e. The zero-order valence-electron chi connectivity index (χ0n) is 10.4. The van der Waals surface area contributed by atoms with E-state index in [1.54, 1.807) is 6.07 Å². The second-order valence-corrected chi connectivity index (χ2v) is 4.52. The van der Waals surface area contributed by atoms with E-state index in [4.69, 9.17) is 21.6 Å². The number of halogens is 1. The molecule has 1 aromatic carbocycles. The van der Waals surface area contributed by atoms with Gasteiger partial charge in [-0.3, -0.25) is 4.79 Å². The molecular weight excluding hydrogens is 264 g/mol. The molecule has 1 heterocycles. The molecule has 4 nitrogen and oxygen atoms in total. The van der Waals surface area contributed by atoms with Crippen molar-refractivity contribution in [1.29, 1.82) is 5.26 Å². The summed E-state index contributed by atoms with van der Waals surface area (Å²) in [6, 6.07) is 9.29. The van der Waals surface area contributed by atoms with E-state index in [0.29, 0.717) is 24.1 Å². The molecule has 5 heteroatoms. The van der Waals surface area contributed by atoms with Crippen LogP contribution in [0.15, 0.2) is 29.1 Å². The molecule has 98 valence electrons. The normalized spacial score (nSPS) is 12.3. The van der Waals surface area contributed by atoms with Gasteiger partial charge in [0.1, 0.15) is 17.2 Å². The number of aromatic nitrogens is 1. The number of alkyl halides is 1. The number of benzene rings is 1. The Morgan fingerprint density at radius 3 is 2.89 bits per heavy atom. The fourth-order valence-corrected chi connectivity index (χ4v) is 2.32. The average Bonchev–Trinajstić information content (AvgIpc) is 2.39. The van der Waals surface area contributed by atoms with Crippen LogP contribution in [0.25, 0.3) is 10.9 Å². The first-order valence-electron chi connectivity index (χ1n) is 5.97. The Morgan fingerprint density at radius 2 is 2.21 bits per heavy atom. The maximum Gasteiger partial charge on any atom is 0.266 e. The molecule has 0 aliphatic heterocycles. The van der Waals surface area contributed by atoms with Crippen LogP contribution in [0.2, 0.25) is 0 Å². The summed E-state index contributed by atoms with van der Waals surface area (Å²) in [5, 5.41) is 9.97. The molecule has 1 atom stereocenters. The van der Waals surface area contributed by atoms with Crippen molar-refractivity contribution in [2.24, 2.45) is 0 Å². The van der Waals surface area contributed by atoms with Gasteiger partial charge in [-0.25, -0.2) is 0 Å². The Balaban J connectivity index is 2.61. The number of hydrogen-bond acceptors (Lipinski definition) is 3. The molecule has 0 amide bonds. The van der Waals surface area contributed by atoms with E-state index >= 15 is 0 Å². The third-order valence-electron chi connectivity index (χ3n) is 2.85. The SMILES string of the molecule is CCOC(Cl)Cc1c(C#N)c(=O)[nH]c2ccccc12. The maximum atomic E-state index is 11.9. The molecule has 0 aliphatic carbocycles. The van der Waals surface area contributed by atoms with Crippen molar-refractivity contribution in [1.82, 2.24) is 4.98 Å². The molecule has 2 aromatic rings. The van der Waals surface area contributed by atoms with Crippen LogP contribution in [0.5, 0.6) is 0 Å². The molecule has 19 heavy (non-hydrogen) atoms.